The van der Waals surface area contributed by atoms with Crippen molar-refractivity contribution in [3.8, 4) is 0 Å². The quantitative estimate of drug-likeness (QED) is 0.207. The highest BCUT2D eigenvalue weighted by Gasteiger charge is 2.33. The fourth-order valence-electron chi connectivity index (χ4n) is 3.68. The van der Waals surface area contributed by atoms with E-state index in [-0.39, 0.29) is 0 Å². The molecule has 0 aliphatic rings. The third kappa shape index (κ3) is 12.4. The number of hydrogen-bond donors (Lipinski definition) is 1. The number of benzene rings is 2. The van der Waals surface area contributed by atoms with Gasteiger partial charge in [-0.25, -0.2) is 4.39 Å². The third-order valence-electron chi connectivity index (χ3n) is 6.03. The molecule has 0 saturated carbocycles. The van der Waals surface area contributed by atoms with Gasteiger partial charge >= 0.3 is 6.18 Å². The van der Waals surface area contributed by atoms with Crippen LogP contribution in [0.1, 0.15) is 88.1 Å². The minimum atomic E-state index is -4.60. The van der Waals surface area contributed by atoms with Crippen molar-refractivity contribution in [3.63, 3.8) is 0 Å². The molecule has 0 saturated heterocycles. The van der Waals surface area contributed by atoms with E-state index in [1.165, 1.54) is 57.6 Å². The summed E-state index contributed by atoms with van der Waals surface area (Å²) >= 11 is 0. The van der Waals surface area contributed by atoms with E-state index in [2.05, 4.69) is 61.6 Å². The molecule has 0 spiro atoms. The normalized spacial score (nSPS) is 12.3. The van der Waals surface area contributed by atoms with Crippen molar-refractivity contribution in [1.82, 2.24) is 5.16 Å². The topological polar surface area (TPSA) is 55.1 Å². The van der Waals surface area contributed by atoms with Crippen LogP contribution in [0.15, 0.2) is 59.1 Å². The van der Waals surface area contributed by atoms with E-state index in [4.69, 9.17) is 9.32 Å². The summed E-state index contributed by atoms with van der Waals surface area (Å²) in [5, 5.41) is 7.64. The predicted molar refractivity (Wildman–Crippen MR) is 144 cm³/mol. The van der Waals surface area contributed by atoms with E-state index in [0.717, 1.165) is 42.5 Å². The standard InChI is InChI=1S/C20H30N2O.C8H6F4.C2H4O/c1-4-9-18(13-12-16(3)5-2)19-14-20(23-22-19)21-15-17-10-7-6-8-11-17;1-5-2-3-6(7(9)4-5)8(10,11)12;1-2-3/h6-8,10-11,14,16,18,21H,4-5,9,12-13,15H2,1-3H3;2-4H,1H3;2H,1H3. The second kappa shape index (κ2) is 17.4. The molecule has 210 valence electrons. The first-order chi connectivity index (χ1) is 18.0. The Bertz CT molecular complexity index is 1050. The van der Waals surface area contributed by atoms with E-state index in [0.29, 0.717) is 11.5 Å². The molecule has 0 bridgehead atoms. The minimum absolute atomic E-state index is 0.473. The zero-order chi connectivity index (χ0) is 28.6. The summed E-state index contributed by atoms with van der Waals surface area (Å²) in [5.41, 5.74) is 1.60. The summed E-state index contributed by atoms with van der Waals surface area (Å²) in [6, 6.07) is 15.3. The Balaban J connectivity index is 0.000000403. The number of carbonyl (C=O) groups excluding carboxylic acids is 1. The first kappa shape index (κ1) is 32.9. The van der Waals surface area contributed by atoms with Crippen LogP contribution in [0, 0.1) is 18.7 Å². The molecule has 2 unspecified atom stereocenters. The number of aromatic nitrogens is 1. The molecular weight excluding hydrogens is 496 g/mol. The predicted octanol–water partition coefficient (Wildman–Crippen LogP) is 9.35. The zero-order valence-electron chi connectivity index (χ0n) is 22.9. The number of rotatable bonds is 10. The second-order valence-electron chi connectivity index (χ2n) is 9.25. The maximum absolute atomic E-state index is 12.6. The second-order valence-corrected chi connectivity index (χ2v) is 9.25. The number of carbonyl (C=O) groups is 1. The van der Waals surface area contributed by atoms with Gasteiger partial charge in [0.1, 0.15) is 12.1 Å². The highest BCUT2D eigenvalue weighted by atomic mass is 19.4. The van der Waals surface area contributed by atoms with Gasteiger partial charge in [0, 0.05) is 18.5 Å². The van der Waals surface area contributed by atoms with Gasteiger partial charge in [0.15, 0.2) is 0 Å². The van der Waals surface area contributed by atoms with Gasteiger partial charge < -0.3 is 14.6 Å². The molecule has 3 aromatic rings. The largest absolute Gasteiger partial charge is 0.419 e. The van der Waals surface area contributed by atoms with E-state index in [1.54, 1.807) is 0 Å². The van der Waals surface area contributed by atoms with Crippen molar-refractivity contribution in [3.05, 3.63) is 82.8 Å². The first-order valence-electron chi connectivity index (χ1n) is 13.0. The molecule has 38 heavy (non-hydrogen) atoms. The Morgan fingerprint density at radius 2 is 1.68 bits per heavy atom. The summed E-state index contributed by atoms with van der Waals surface area (Å²) in [4.78, 5) is 8.81. The zero-order valence-corrected chi connectivity index (χ0v) is 22.9. The molecule has 0 radical (unpaired) electrons. The fourth-order valence-corrected chi connectivity index (χ4v) is 3.68. The monoisotopic (exact) mass is 536 g/mol. The Labute approximate surface area is 223 Å². The van der Waals surface area contributed by atoms with Crippen molar-refractivity contribution in [2.75, 3.05) is 5.32 Å². The van der Waals surface area contributed by atoms with Crippen LogP contribution in [-0.4, -0.2) is 11.4 Å². The van der Waals surface area contributed by atoms with Crippen LogP contribution in [0.3, 0.4) is 0 Å². The first-order valence-corrected chi connectivity index (χ1v) is 13.0. The summed E-state index contributed by atoms with van der Waals surface area (Å²) in [7, 11) is 0. The highest BCUT2D eigenvalue weighted by Crippen LogP contribution is 2.31. The molecule has 0 aliphatic carbocycles. The molecule has 2 aromatic carbocycles. The average Bonchev–Trinajstić information content (AvgIpc) is 3.34. The number of nitrogens with one attached hydrogen (secondary N) is 1. The van der Waals surface area contributed by atoms with Crippen LogP contribution in [0.5, 0.6) is 0 Å². The maximum atomic E-state index is 12.6. The summed E-state index contributed by atoms with van der Waals surface area (Å²) < 4.78 is 53.9. The van der Waals surface area contributed by atoms with Crippen molar-refractivity contribution in [2.24, 2.45) is 5.92 Å². The lowest BCUT2D eigenvalue weighted by molar-refractivity contribution is -0.140. The molecule has 1 heterocycles. The number of anilines is 1. The van der Waals surface area contributed by atoms with E-state index < -0.39 is 17.6 Å². The maximum Gasteiger partial charge on any atom is 0.419 e. The Kier molecular flexibility index (Phi) is 15.0. The van der Waals surface area contributed by atoms with E-state index >= 15 is 0 Å². The number of nitrogens with zero attached hydrogens (tertiary/aromatic N) is 1. The summed E-state index contributed by atoms with van der Waals surface area (Å²) in [5.74, 6) is 0.859. The molecule has 3 rings (SSSR count). The molecule has 1 N–H and O–H groups in total. The van der Waals surface area contributed by atoms with Crippen molar-refractivity contribution in [2.45, 2.75) is 85.4 Å². The van der Waals surface area contributed by atoms with Gasteiger partial charge in [-0.15, -0.1) is 0 Å². The van der Waals surface area contributed by atoms with Crippen LogP contribution >= 0.6 is 0 Å². The van der Waals surface area contributed by atoms with Crippen LogP contribution in [0.2, 0.25) is 0 Å². The molecule has 0 fully saturated rings. The SMILES string of the molecule is CC=O.CCCC(CCC(C)CC)c1cc(NCc2ccccc2)on1.Cc1ccc(C(F)(F)F)c(F)c1. The van der Waals surface area contributed by atoms with Gasteiger partial charge in [-0.2, -0.15) is 13.2 Å². The van der Waals surface area contributed by atoms with Gasteiger partial charge in [0.25, 0.3) is 0 Å². The number of aryl methyl sites for hydroxylation is 1. The lowest BCUT2D eigenvalue weighted by Crippen LogP contribution is -2.07. The molecular formula is C30H40F4N2O2. The van der Waals surface area contributed by atoms with Crippen LogP contribution in [0.4, 0.5) is 23.4 Å². The Morgan fingerprint density at radius 1 is 1.03 bits per heavy atom. The molecule has 2 atom stereocenters. The smallest absolute Gasteiger partial charge is 0.350 e. The Morgan fingerprint density at radius 3 is 2.24 bits per heavy atom. The van der Waals surface area contributed by atoms with Crippen molar-refractivity contribution < 1.29 is 26.9 Å². The number of hydrogen-bond acceptors (Lipinski definition) is 4. The van der Waals surface area contributed by atoms with Crippen LogP contribution in [-0.2, 0) is 17.5 Å². The minimum Gasteiger partial charge on any atom is -0.350 e. The average molecular weight is 537 g/mol. The van der Waals surface area contributed by atoms with Gasteiger partial charge in [0.05, 0.1) is 11.3 Å². The summed E-state index contributed by atoms with van der Waals surface area (Å²) in [6.45, 7) is 10.6. The number of halogens is 4. The molecule has 1 aromatic heterocycles. The third-order valence-corrected chi connectivity index (χ3v) is 6.03. The highest BCUT2D eigenvalue weighted by molar-refractivity contribution is 5.44. The van der Waals surface area contributed by atoms with Gasteiger partial charge in [-0.05, 0) is 55.9 Å². The lowest BCUT2D eigenvalue weighted by Gasteiger charge is -2.15. The number of aldehydes is 1. The van der Waals surface area contributed by atoms with Gasteiger partial charge in [-0.3, -0.25) is 0 Å². The van der Waals surface area contributed by atoms with Crippen molar-refractivity contribution >= 4 is 12.2 Å². The van der Waals surface area contributed by atoms with Gasteiger partial charge in [0.2, 0.25) is 5.88 Å². The lowest BCUT2D eigenvalue weighted by atomic mass is 9.90. The van der Waals surface area contributed by atoms with Crippen LogP contribution < -0.4 is 5.32 Å². The van der Waals surface area contributed by atoms with Crippen molar-refractivity contribution in [1.29, 1.82) is 0 Å². The number of alkyl halides is 3. The van der Waals surface area contributed by atoms with E-state index in [9.17, 15) is 17.6 Å². The molecule has 0 amide bonds. The van der Waals surface area contributed by atoms with Gasteiger partial charge in [-0.1, -0.05) is 81.6 Å². The molecule has 0 aliphatic heterocycles. The van der Waals surface area contributed by atoms with E-state index in [1.807, 2.05) is 6.07 Å². The van der Waals surface area contributed by atoms with Crippen LogP contribution in [0.25, 0.3) is 0 Å². The molecule has 8 heteroatoms. The molecule has 4 nitrogen and oxygen atoms in total. The fraction of sp³-hybridized carbons (Fsp3) is 0.467. The Hall–Kier alpha value is -3.16. The summed E-state index contributed by atoms with van der Waals surface area (Å²) in [6.07, 6.45) is 2.24.